The summed E-state index contributed by atoms with van der Waals surface area (Å²) in [5, 5.41) is 17.1. The summed E-state index contributed by atoms with van der Waals surface area (Å²) in [5.41, 5.74) is 1.16. The standard InChI is InChI=1S/C12H10O5S/c13-9(11(14)15)5-7-2-1-3-8(4-7)6-10(18)12(16)17/h1-4H,5-6H2,(H,14,15)(H,16,17). The van der Waals surface area contributed by atoms with Crippen molar-refractivity contribution < 1.29 is 24.6 Å². The highest BCUT2D eigenvalue weighted by Crippen LogP contribution is 2.08. The van der Waals surface area contributed by atoms with Crippen molar-refractivity contribution in [2.75, 3.05) is 0 Å². The van der Waals surface area contributed by atoms with Gasteiger partial charge in [-0.25, -0.2) is 9.59 Å². The van der Waals surface area contributed by atoms with Crippen LogP contribution < -0.4 is 0 Å². The fourth-order valence-corrected chi connectivity index (χ4v) is 1.54. The van der Waals surface area contributed by atoms with E-state index >= 15 is 0 Å². The molecule has 94 valence electrons. The zero-order valence-electron chi connectivity index (χ0n) is 9.25. The third kappa shape index (κ3) is 4.06. The molecule has 0 fully saturated rings. The van der Waals surface area contributed by atoms with Gasteiger partial charge in [-0.1, -0.05) is 36.5 Å². The van der Waals surface area contributed by atoms with Crippen LogP contribution in [0.2, 0.25) is 0 Å². The molecular formula is C12H10O5S. The predicted octanol–water partition coefficient (Wildman–Crippen LogP) is 0.880. The third-order valence-corrected chi connectivity index (χ3v) is 2.52. The fourth-order valence-electron chi connectivity index (χ4n) is 1.37. The van der Waals surface area contributed by atoms with Crippen LogP contribution in [0, 0.1) is 0 Å². The molecule has 2 N–H and O–H groups in total. The molecule has 0 atom stereocenters. The monoisotopic (exact) mass is 266 g/mol. The Labute approximate surface area is 108 Å². The van der Waals surface area contributed by atoms with Crippen molar-refractivity contribution in [2.45, 2.75) is 12.8 Å². The lowest BCUT2D eigenvalue weighted by Crippen LogP contribution is -2.15. The van der Waals surface area contributed by atoms with Crippen molar-refractivity contribution in [2.24, 2.45) is 0 Å². The van der Waals surface area contributed by atoms with Crippen LogP contribution in [0.15, 0.2) is 24.3 Å². The summed E-state index contributed by atoms with van der Waals surface area (Å²) in [4.78, 5) is 31.9. The van der Waals surface area contributed by atoms with Gasteiger partial charge in [0.25, 0.3) is 0 Å². The van der Waals surface area contributed by atoms with Crippen molar-refractivity contribution in [3.05, 3.63) is 35.4 Å². The molecule has 0 heterocycles. The molecule has 6 heteroatoms. The number of carboxylic acid groups (broad SMARTS) is 2. The van der Waals surface area contributed by atoms with Gasteiger partial charge >= 0.3 is 11.9 Å². The van der Waals surface area contributed by atoms with Crippen LogP contribution in [0.3, 0.4) is 0 Å². The molecule has 18 heavy (non-hydrogen) atoms. The summed E-state index contributed by atoms with van der Waals surface area (Å²) in [6.07, 6.45) is -0.136. The number of carbonyl (C=O) groups excluding carboxylic acids is 1. The van der Waals surface area contributed by atoms with Crippen molar-refractivity contribution in [3.63, 3.8) is 0 Å². The Balaban J connectivity index is 2.80. The largest absolute Gasteiger partial charge is 0.477 e. The Morgan fingerprint density at radius 1 is 1.00 bits per heavy atom. The Morgan fingerprint density at radius 3 is 2.06 bits per heavy atom. The highest BCUT2D eigenvalue weighted by Gasteiger charge is 2.13. The molecule has 0 bridgehead atoms. The van der Waals surface area contributed by atoms with E-state index in [2.05, 4.69) is 12.2 Å². The van der Waals surface area contributed by atoms with Gasteiger partial charge in [-0.2, -0.15) is 0 Å². The van der Waals surface area contributed by atoms with Crippen LogP contribution in [0.1, 0.15) is 11.1 Å². The van der Waals surface area contributed by atoms with Gasteiger partial charge in [0.15, 0.2) is 0 Å². The van der Waals surface area contributed by atoms with Gasteiger partial charge in [0.2, 0.25) is 5.78 Å². The minimum absolute atomic E-state index is 0.0831. The Morgan fingerprint density at radius 2 is 1.56 bits per heavy atom. The Hall–Kier alpha value is -2.08. The molecule has 1 aromatic carbocycles. The molecule has 0 aliphatic heterocycles. The van der Waals surface area contributed by atoms with Gasteiger partial charge in [0, 0.05) is 12.8 Å². The van der Waals surface area contributed by atoms with Gasteiger partial charge in [-0.3, -0.25) is 4.79 Å². The molecule has 5 nitrogen and oxygen atoms in total. The number of benzene rings is 1. The van der Waals surface area contributed by atoms with E-state index < -0.39 is 17.7 Å². The molecule has 0 saturated heterocycles. The molecule has 0 unspecified atom stereocenters. The zero-order valence-corrected chi connectivity index (χ0v) is 10.1. The number of carbonyl (C=O) groups is 3. The summed E-state index contributed by atoms with van der Waals surface area (Å²) in [6, 6.07) is 6.48. The van der Waals surface area contributed by atoms with E-state index in [1.807, 2.05) is 0 Å². The maximum atomic E-state index is 11.0. The van der Waals surface area contributed by atoms with E-state index in [0.717, 1.165) is 0 Å². The van der Waals surface area contributed by atoms with Gasteiger partial charge in [-0.15, -0.1) is 0 Å². The molecule has 1 rings (SSSR count). The van der Waals surface area contributed by atoms with Crippen LogP contribution in [-0.4, -0.2) is 32.8 Å². The molecule has 0 spiro atoms. The van der Waals surface area contributed by atoms with Gasteiger partial charge in [-0.05, 0) is 11.1 Å². The van der Waals surface area contributed by atoms with Gasteiger partial charge < -0.3 is 10.2 Å². The molecular weight excluding hydrogens is 256 g/mol. The lowest BCUT2D eigenvalue weighted by molar-refractivity contribution is -0.148. The van der Waals surface area contributed by atoms with E-state index in [4.69, 9.17) is 10.2 Å². The Kier molecular flexibility index (Phi) is 4.67. The normalized spacial score (nSPS) is 9.78. The van der Waals surface area contributed by atoms with Gasteiger partial charge in [0.1, 0.15) is 4.86 Å². The lowest BCUT2D eigenvalue weighted by atomic mass is 10.0. The summed E-state index contributed by atoms with van der Waals surface area (Å²) in [7, 11) is 0. The zero-order chi connectivity index (χ0) is 13.7. The van der Waals surface area contributed by atoms with E-state index in [0.29, 0.717) is 11.1 Å². The first-order chi connectivity index (χ1) is 8.40. The highest BCUT2D eigenvalue weighted by atomic mass is 32.1. The molecule has 0 radical (unpaired) electrons. The lowest BCUT2D eigenvalue weighted by Gasteiger charge is -2.03. The second kappa shape index (κ2) is 6.02. The number of Topliss-reactive ketones (excluding diaryl/α,β-unsaturated/α-hetero) is 1. The van der Waals surface area contributed by atoms with Crippen molar-refractivity contribution >= 4 is 34.8 Å². The first kappa shape index (κ1) is 14.0. The van der Waals surface area contributed by atoms with E-state index in [9.17, 15) is 14.4 Å². The molecule has 0 aliphatic rings. The SMILES string of the molecule is O=C(O)C(=O)Cc1cccc(CC(=S)C(=O)O)c1. The van der Waals surface area contributed by atoms with Crippen molar-refractivity contribution in [1.82, 2.24) is 0 Å². The molecule has 0 aliphatic carbocycles. The van der Waals surface area contributed by atoms with E-state index in [1.54, 1.807) is 24.3 Å². The predicted molar refractivity (Wildman–Crippen MR) is 66.7 cm³/mol. The molecule has 0 aromatic heterocycles. The van der Waals surface area contributed by atoms with E-state index in [-0.39, 0.29) is 17.7 Å². The highest BCUT2D eigenvalue weighted by molar-refractivity contribution is 7.82. The number of carboxylic acids is 2. The second-order valence-corrected chi connectivity index (χ2v) is 4.12. The topological polar surface area (TPSA) is 91.7 Å². The number of hydrogen-bond donors (Lipinski definition) is 2. The number of thiocarbonyl (C=S) groups is 1. The van der Waals surface area contributed by atoms with E-state index in [1.165, 1.54) is 0 Å². The smallest absolute Gasteiger partial charge is 0.372 e. The van der Waals surface area contributed by atoms with Crippen molar-refractivity contribution in [1.29, 1.82) is 0 Å². The molecule has 0 saturated carbocycles. The van der Waals surface area contributed by atoms with Crippen LogP contribution in [0.5, 0.6) is 0 Å². The average molecular weight is 266 g/mol. The maximum absolute atomic E-state index is 11.0. The summed E-state index contributed by atoms with van der Waals surface area (Å²) < 4.78 is 0. The number of ketones is 1. The quantitative estimate of drug-likeness (QED) is 0.586. The summed E-state index contributed by atoms with van der Waals surface area (Å²) >= 11 is 4.67. The van der Waals surface area contributed by atoms with Crippen LogP contribution in [-0.2, 0) is 27.2 Å². The van der Waals surface area contributed by atoms with Gasteiger partial charge in [0.05, 0.1) is 0 Å². The summed E-state index contributed by atoms with van der Waals surface area (Å²) in [6.45, 7) is 0. The van der Waals surface area contributed by atoms with Crippen LogP contribution in [0.25, 0.3) is 0 Å². The number of rotatable bonds is 6. The minimum atomic E-state index is -1.48. The molecule has 0 amide bonds. The number of hydrogen-bond acceptors (Lipinski definition) is 4. The fraction of sp³-hybridized carbons (Fsp3) is 0.167. The summed E-state index contributed by atoms with van der Waals surface area (Å²) in [5.74, 6) is -3.55. The average Bonchev–Trinajstić information content (AvgIpc) is 2.29. The first-order valence-electron chi connectivity index (χ1n) is 5.00. The molecule has 1 aromatic rings. The number of aliphatic carboxylic acids is 2. The van der Waals surface area contributed by atoms with Crippen LogP contribution in [0.4, 0.5) is 0 Å². The minimum Gasteiger partial charge on any atom is -0.477 e. The van der Waals surface area contributed by atoms with Crippen molar-refractivity contribution in [3.8, 4) is 0 Å². The second-order valence-electron chi connectivity index (χ2n) is 3.63. The first-order valence-corrected chi connectivity index (χ1v) is 5.41. The third-order valence-electron chi connectivity index (χ3n) is 2.20. The van der Waals surface area contributed by atoms with Crippen LogP contribution >= 0.6 is 12.2 Å². The Bertz CT molecular complexity index is 478. The maximum Gasteiger partial charge on any atom is 0.372 e.